The molecular weight excluding hydrogens is 431 g/mol. The zero-order chi connectivity index (χ0) is 21.2. The van der Waals surface area contributed by atoms with Crippen molar-refractivity contribution in [2.24, 2.45) is 5.92 Å². The fraction of sp³-hybridized carbons (Fsp3) is 0.381. The molecule has 5 nitrogen and oxygen atoms in total. The molecule has 0 spiro atoms. The first-order chi connectivity index (χ1) is 13.7. The molecule has 1 aliphatic rings. The lowest BCUT2D eigenvalue weighted by Gasteiger charge is -2.26. The van der Waals surface area contributed by atoms with Crippen molar-refractivity contribution in [2.75, 3.05) is 6.54 Å². The maximum absolute atomic E-state index is 12.9. The standard InChI is InChI=1S/C21H24Cl2N2O3S/c1-13(2)12-24-29(27,28)20-10-16(17(22)11-18(20)23)21(26)25-19-9-5-7-14-6-3-4-8-15(14)19/h3-4,6,8,10-11,13,19,24H,5,7,9,12H2,1-2H3,(H,25,26)/t19-/m1/s1. The van der Waals surface area contributed by atoms with Crippen molar-refractivity contribution in [2.45, 2.75) is 44.0 Å². The molecule has 0 fully saturated rings. The molecule has 8 heteroatoms. The van der Waals surface area contributed by atoms with Crippen LogP contribution in [0.2, 0.25) is 10.0 Å². The van der Waals surface area contributed by atoms with Gasteiger partial charge in [0.15, 0.2) is 0 Å². The Morgan fingerprint density at radius 1 is 1.17 bits per heavy atom. The molecule has 2 aromatic carbocycles. The van der Waals surface area contributed by atoms with Gasteiger partial charge in [-0.1, -0.05) is 61.3 Å². The lowest BCUT2D eigenvalue weighted by molar-refractivity contribution is 0.0932. The quantitative estimate of drug-likeness (QED) is 0.661. The van der Waals surface area contributed by atoms with Gasteiger partial charge in [0.05, 0.1) is 21.7 Å². The van der Waals surface area contributed by atoms with Crippen LogP contribution in [-0.4, -0.2) is 20.9 Å². The van der Waals surface area contributed by atoms with Crippen LogP contribution in [0, 0.1) is 5.92 Å². The van der Waals surface area contributed by atoms with Crippen molar-refractivity contribution in [3.05, 3.63) is 63.1 Å². The van der Waals surface area contributed by atoms with Crippen molar-refractivity contribution in [1.82, 2.24) is 10.0 Å². The van der Waals surface area contributed by atoms with Gasteiger partial charge in [0.2, 0.25) is 10.0 Å². The first kappa shape index (κ1) is 22.1. The molecule has 1 aliphatic carbocycles. The van der Waals surface area contributed by atoms with Gasteiger partial charge in [-0.15, -0.1) is 0 Å². The molecule has 3 rings (SSSR count). The minimum absolute atomic E-state index is 0.0224. The van der Waals surface area contributed by atoms with Gasteiger partial charge < -0.3 is 5.32 Å². The van der Waals surface area contributed by atoms with Crippen LogP contribution >= 0.6 is 23.2 Å². The monoisotopic (exact) mass is 454 g/mol. The summed E-state index contributed by atoms with van der Waals surface area (Å²) in [5.74, 6) is -0.293. The summed E-state index contributed by atoms with van der Waals surface area (Å²) in [5, 5.41) is 3.09. The Kier molecular flexibility index (Phi) is 6.89. The van der Waals surface area contributed by atoms with Crippen LogP contribution in [0.4, 0.5) is 0 Å². The number of halogens is 2. The molecule has 156 valence electrons. The Morgan fingerprint density at radius 3 is 2.62 bits per heavy atom. The molecule has 0 saturated carbocycles. The number of hydrogen-bond acceptors (Lipinski definition) is 3. The average molecular weight is 455 g/mol. The molecule has 0 aromatic heterocycles. The largest absolute Gasteiger partial charge is 0.345 e. The van der Waals surface area contributed by atoms with E-state index < -0.39 is 15.9 Å². The number of fused-ring (bicyclic) bond motifs is 1. The Balaban J connectivity index is 1.88. The zero-order valence-electron chi connectivity index (χ0n) is 16.3. The molecule has 1 atom stereocenters. The van der Waals surface area contributed by atoms with Crippen LogP contribution in [0.25, 0.3) is 0 Å². The van der Waals surface area contributed by atoms with E-state index >= 15 is 0 Å². The lowest BCUT2D eigenvalue weighted by Crippen LogP contribution is -2.32. The second-order valence-corrected chi connectivity index (χ2v) is 10.2. The van der Waals surface area contributed by atoms with Crippen LogP contribution < -0.4 is 10.0 Å². The number of carbonyl (C=O) groups is 1. The Labute approximate surface area is 181 Å². The van der Waals surface area contributed by atoms with E-state index in [1.165, 1.54) is 17.7 Å². The van der Waals surface area contributed by atoms with Crippen molar-refractivity contribution in [3.63, 3.8) is 0 Å². The summed E-state index contributed by atoms with van der Waals surface area (Å²) in [6.07, 6.45) is 2.76. The number of amides is 1. The summed E-state index contributed by atoms with van der Waals surface area (Å²) in [5.41, 5.74) is 2.39. The average Bonchev–Trinajstić information content (AvgIpc) is 2.66. The van der Waals surface area contributed by atoms with Crippen molar-refractivity contribution in [3.8, 4) is 0 Å². The minimum Gasteiger partial charge on any atom is -0.345 e. The van der Waals surface area contributed by atoms with Crippen LogP contribution in [0.15, 0.2) is 41.3 Å². The SMILES string of the molecule is CC(C)CNS(=O)(=O)c1cc(C(=O)N[C@@H]2CCCc3ccccc32)c(Cl)cc1Cl. The summed E-state index contributed by atoms with van der Waals surface area (Å²) in [6, 6.07) is 10.4. The predicted molar refractivity (Wildman–Crippen MR) is 116 cm³/mol. The predicted octanol–water partition coefficient (Wildman–Crippen LogP) is 4.74. The summed E-state index contributed by atoms with van der Waals surface area (Å²) in [4.78, 5) is 12.8. The van der Waals surface area contributed by atoms with Gasteiger partial charge in [-0.25, -0.2) is 13.1 Å². The van der Waals surface area contributed by atoms with Gasteiger partial charge in [0, 0.05) is 6.54 Å². The number of benzene rings is 2. The molecule has 2 aromatic rings. The molecule has 0 heterocycles. The Hall–Kier alpha value is -1.60. The first-order valence-corrected chi connectivity index (χ1v) is 11.8. The van der Waals surface area contributed by atoms with Crippen LogP contribution in [0.3, 0.4) is 0 Å². The van der Waals surface area contributed by atoms with Gasteiger partial charge in [-0.3, -0.25) is 4.79 Å². The second kappa shape index (κ2) is 9.04. The van der Waals surface area contributed by atoms with E-state index in [1.54, 1.807) is 0 Å². The normalized spacial score (nSPS) is 16.5. The fourth-order valence-corrected chi connectivity index (χ4v) is 5.47. The third-order valence-electron chi connectivity index (χ3n) is 4.91. The molecule has 0 aliphatic heterocycles. The maximum Gasteiger partial charge on any atom is 0.253 e. The fourth-order valence-electron chi connectivity index (χ4n) is 3.40. The third kappa shape index (κ3) is 5.12. The molecule has 29 heavy (non-hydrogen) atoms. The van der Waals surface area contributed by atoms with E-state index in [9.17, 15) is 13.2 Å². The summed E-state index contributed by atoms with van der Waals surface area (Å²) < 4.78 is 27.8. The number of rotatable bonds is 6. The van der Waals surface area contributed by atoms with E-state index in [2.05, 4.69) is 16.1 Å². The van der Waals surface area contributed by atoms with Gasteiger partial charge in [-0.05, 0) is 48.4 Å². The van der Waals surface area contributed by atoms with Gasteiger partial charge in [0.1, 0.15) is 4.90 Å². The Bertz CT molecular complexity index is 1020. The summed E-state index contributed by atoms with van der Waals surface area (Å²) in [6.45, 7) is 4.06. The highest BCUT2D eigenvalue weighted by Crippen LogP contribution is 2.32. The number of sulfonamides is 1. The van der Waals surface area contributed by atoms with E-state index in [-0.39, 0.29) is 39.0 Å². The zero-order valence-corrected chi connectivity index (χ0v) is 18.7. The Morgan fingerprint density at radius 2 is 1.90 bits per heavy atom. The van der Waals surface area contributed by atoms with Crippen LogP contribution in [0.1, 0.15) is 54.2 Å². The number of hydrogen-bond donors (Lipinski definition) is 2. The molecular formula is C21H24Cl2N2O3S. The van der Waals surface area contributed by atoms with Crippen molar-refractivity contribution >= 4 is 39.1 Å². The number of nitrogens with one attached hydrogen (secondary N) is 2. The van der Waals surface area contributed by atoms with E-state index in [0.717, 1.165) is 24.8 Å². The van der Waals surface area contributed by atoms with Crippen LogP contribution in [-0.2, 0) is 16.4 Å². The van der Waals surface area contributed by atoms with Crippen molar-refractivity contribution < 1.29 is 13.2 Å². The molecule has 0 saturated heterocycles. The number of aryl methyl sites for hydroxylation is 1. The van der Waals surface area contributed by atoms with Crippen LogP contribution in [0.5, 0.6) is 0 Å². The van der Waals surface area contributed by atoms with E-state index in [0.29, 0.717) is 0 Å². The summed E-state index contributed by atoms with van der Waals surface area (Å²) >= 11 is 12.4. The highest BCUT2D eigenvalue weighted by atomic mass is 35.5. The second-order valence-electron chi connectivity index (χ2n) is 7.63. The number of carbonyl (C=O) groups excluding carboxylic acids is 1. The smallest absolute Gasteiger partial charge is 0.253 e. The topological polar surface area (TPSA) is 75.3 Å². The van der Waals surface area contributed by atoms with Crippen molar-refractivity contribution in [1.29, 1.82) is 0 Å². The van der Waals surface area contributed by atoms with Gasteiger partial charge in [0.25, 0.3) is 5.91 Å². The summed E-state index contributed by atoms with van der Waals surface area (Å²) in [7, 11) is -3.86. The van der Waals surface area contributed by atoms with Gasteiger partial charge in [-0.2, -0.15) is 0 Å². The minimum atomic E-state index is -3.86. The maximum atomic E-state index is 12.9. The van der Waals surface area contributed by atoms with E-state index in [1.807, 2.05) is 32.0 Å². The van der Waals surface area contributed by atoms with Gasteiger partial charge >= 0.3 is 0 Å². The molecule has 2 N–H and O–H groups in total. The molecule has 0 radical (unpaired) electrons. The van der Waals surface area contributed by atoms with E-state index in [4.69, 9.17) is 23.2 Å². The highest BCUT2D eigenvalue weighted by Gasteiger charge is 2.26. The molecule has 1 amide bonds. The molecule has 0 bridgehead atoms. The first-order valence-electron chi connectivity index (χ1n) is 9.56. The highest BCUT2D eigenvalue weighted by molar-refractivity contribution is 7.89. The molecule has 0 unspecified atom stereocenters. The lowest BCUT2D eigenvalue weighted by atomic mass is 9.87. The third-order valence-corrected chi connectivity index (χ3v) is 7.11.